The van der Waals surface area contributed by atoms with Gasteiger partial charge >= 0.3 is 0 Å². The van der Waals surface area contributed by atoms with Crippen LogP contribution >= 0.6 is 0 Å². The zero-order valence-corrected chi connectivity index (χ0v) is 15.3. The SMILES string of the molecule is CC1=NC2C=CC=CC2=N1.[Ir].[c-]1ccccc1.[c-]1ccccc1. The van der Waals surface area contributed by atoms with Crippen molar-refractivity contribution in [3.63, 3.8) is 0 Å². The number of aliphatic imine (C=N–C) groups is 2. The van der Waals surface area contributed by atoms with E-state index in [0.717, 1.165) is 11.5 Å². The fourth-order valence-corrected chi connectivity index (χ4v) is 1.83. The van der Waals surface area contributed by atoms with Crippen molar-refractivity contribution in [2.24, 2.45) is 9.98 Å². The summed E-state index contributed by atoms with van der Waals surface area (Å²) in [6.07, 6.45) is 8.05. The van der Waals surface area contributed by atoms with Crippen LogP contribution in [0.2, 0.25) is 0 Å². The van der Waals surface area contributed by atoms with Gasteiger partial charge in [-0.1, -0.05) is 18.2 Å². The molecule has 0 saturated heterocycles. The molecule has 0 bridgehead atoms. The van der Waals surface area contributed by atoms with Crippen molar-refractivity contribution in [1.82, 2.24) is 0 Å². The van der Waals surface area contributed by atoms with Crippen LogP contribution in [0.25, 0.3) is 0 Å². The van der Waals surface area contributed by atoms with E-state index in [2.05, 4.69) is 28.2 Å². The van der Waals surface area contributed by atoms with E-state index in [1.165, 1.54) is 0 Å². The summed E-state index contributed by atoms with van der Waals surface area (Å²) in [7, 11) is 0. The second kappa shape index (κ2) is 11.5. The Balaban J connectivity index is 0.000000178. The van der Waals surface area contributed by atoms with Crippen LogP contribution in [0.5, 0.6) is 0 Å². The summed E-state index contributed by atoms with van der Waals surface area (Å²) in [5.74, 6) is 0.885. The second-order valence-corrected chi connectivity index (χ2v) is 4.56. The molecule has 0 amide bonds. The molecule has 1 aliphatic carbocycles. The Morgan fingerprint density at radius 3 is 1.78 bits per heavy atom. The van der Waals surface area contributed by atoms with Gasteiger partial charge in [-0.15, -0.1) is 0 Å². The van der Waals surface area contributed by atoms with Crippen LogP contribution in [0.4, 0.5) is 0 Å². The first-order valence-corrected chi connectivity index (χ1v) is 7.16. The van der Waals surface area contributed by atoms with Gasteiger partial charge in [0, 0.05) is 20.1 Å². The van der Waals surface area contributed by atoms with E-state index in [9.17, 15) is 0 Å². The molecule has 3 heteroatoms. The second-order valence-electron chi connectivity index (χ2n) is 4.56. The molecule has 0 fully saturated rings. The maximum absolute atomic E-state index is 4.29. The number of hydrogen-bond acceptors (Lipinski definition) is 2. The third-order valence-corrected chi connectivity index (χ3v) is 2.81. The Morgan fingerprint density at radius 1 is 0.826 bits per heavy atom. The van der Waals surface area contributed by atoms with E-state index in [0.29, 0.717) is 0 Å². The molecule has 0 spiro atoms. The molecule has 0 aromatic heterocycles. The zero-order chi connectivity index (χ0) is 15.5. The molecule has 2 nitrogen and oxygen atoms in total. The van der Waals surface area contributed by atoms with Crippen LogP contribution in [0.15, 0.2) is 95.0 Å². The summed E-state index contributed by atoms with van der Waals surface area (Å²) in [4.78, 5) is 8.52. The summed E-state index contributed by atoms with van der Waals surface area (Å²) in [6.45, 7) is 1.92. The van der Waals surface area contributed by atoms with Gasteiger partial charge in [-0.3, -0.25) is 4.99 Å². The van der Waals surface area contributed by atoms with Crippen molar-refractivity contribution in [3.05, 3.63) is 97.1 Å². The maximum Gasteiger partial charge on any atom is 0.121 e. The maximum atomic E-state index is 4.29. The first-order valence-electron chi connectivity index (χ1n) is 7.16. The van der Waals surface area contributed by atoms with Gasteiger partial charge in [-0.25, -0.2) is 4.99 Å². The molecule has 1 atom stereocenters. The number of allylic oxidation sites excluding steroid dienone is 2. The molecular formula is C20H18IrN2-2. The third-order valence-electron chi connectivity index (χ3n) is 2.81. The summed E-state index contributed by atoms with van der Waals surface area (Å²) in [5.41, 5.74) is 1.07. The number of fused-ring (bicyclic) bond motifs is 1. The molecule has 1 aliphatic heterocycles. The van der Waals surface area contributed by atoms with Crippen molar-refractivity contribution in [2.45, 2.75) is 13.0 Å². The van der Waals surface area contributed by atoms with Crippen LogP contribution in [-0.4, -0.2) is 17.6 Å². The minimum atomic E-state index is 0. The minimum absolute atomic E-state index is 0. The molecule has 1 unspecified atom stereocenters. The topological polar surface area (TPSA) is 24.7 Å². The summed E-state index contributed by atoms with van der Waals surface area (Å²) < 4.78 is 0. The predicted octanol–water partition coefficient (Wildman–Crippen LogP) is 4.33. The van der Waals surface area contributed by atoms with Gasteiger partial charge in [0.05, 0.1) is 5.71 Å². The number of nitrogens with zero attached hydrogens (tertiary/aromatic N) is 2. The first-order chi connectivity index (χ1) is 10.9. The molecule has 23 heavy (non-hydrogen) atoms. The first kappa shape index (κ1) is 19.0. The van der Waals surface area contributed by atoms with Crippen LogP contribution in [0.1, 0.15) is 6.92 Å². The molecule has 1 radical (unpaired) electrons. The molecule has 2 aliphatic rings. The van der Waals surface area contributed by atoms with Gasteiger partial charge in [0.25, 0.3) is 0 Å². The fraction of sp³-hybridized carbons (Fsp3) is 0.100. The van der Waals surface area contributed by atoms with Gasteiger partial charge in [0.1, 0.15) is 11.9 Å². The third kappa shape index (κ3) is 7.64. The van der Waals surface area contributed by atoms with Crippen molar-refractivity contribution in [1.29, 1.82) is 0 Å². The molecule has 0 saturated carbocycles. The van der Waals surface area contributed by atoms with Crippen molar-refractivity contribution in [3.8, 4) is 0 Å². The quantitative estimate of drug-likeness (QED) is 0.504. The average molecular weight is 479 g/mol. The summed E-state index contributed by atoms with van der Waals surface area (Å²) in [6, 6.07) is 25.2. The van der Waals surface area contributed by atoms with E-state index in [4.69, 9.17) is 0 Å². The number of benzene rings is 2. The van der Waals surface area contributed by atoms with Crippen molar-refractivity contribution < 1.29 is 20.1 Å². The number of hydrogen-bond donors (Lipinski definition) is 0. The molecule has 119 valence electrons. The van der Waals surface area contributed by atoms with Crippen LogP contribution in [0.3, 0.4) is 0 Å². The van der Waals surface area contributed by atoms with E-state index < -0.39 is 0 Å². The van der Waals surface area contributed by atoms with E-state index >= 15 is 0 Å². The van der Waals surface area contributed by atoms with Crippen LogP contribution in [0, 0.1) is 12.1 Å². The molecule has 2 aromatic rings. The van der Waals surface area contributed by atoms with Gasteiger partial charge in [-0.2, -0.15) is 72.8 Å². The van der Waals surface area contributed by atoms with Crippen molar-refractivity contribution in [2.75, 3.05) is 0 Å². The Hall–Kier alpha value is -2.09. The van der Waals surface area contributed by atoms with Gasteiger partial charge < -0.3 is 0 Å². The molecule has 1 heterocycles. The smallest absolute Gasteiger partial charge is 0.121 e. The monoisotopic (exact) mass is 479 g/mol. The van der Waals surface area contributed by atoms with Gasteiger partial charge in [0.15, 0.2) is 0 Å². The Labute approximate surface area is 151 Å². The normalized spacial score (nSPS) is 16.3. The van der Waals surface area contributed by atoms with Crippen molar-refractivity contribution >= 4 is 11.5 Å². The number of rotatable bonds is 0. The van der Waals surface area contributed by atoms with E-state index in [1.807, 2.05) is 85.8 Å². The Morgan fingerprint density at radius 2 is 1.39 bits per heavy atom. The Bertz CT molecular complexity index is 574. The Kier molecular flexibility index (Phi) is 9.46. The molecule has 0 N–H and O–H groups in total. The standard InChI is InChI=1S/C8H8N2.2C6H5.Ir/c1-6-9-7-4-2-3-5-8(7)10-6;2*1-2-4-6-5-3-1;/h2-5,7H,1H3;2*1-5H;/q;2*-1;. The molecule has 4 rings (SSSR count). The van der Waals surface area contributed by atoms with E-state index in [1.54, 1.807) is 0 Å². The van der Waals surface area contributed by atoms with Crippen LogP contribution < -0.4 is 0 Å². The van der Waals surface area contributed by atoms with Gasteiger partial charge in [-0.05, 0) is 13.0 Å². The van der Waals surface area contributed by atoms with Gasteiger partial charge in [0.2, 0.25) is 0 Å². The summed E-state index contributed by atoms with van der Waals surface area (Å²) >= 11 is 0. The molecule has 2 aromatic carbocycles. The predicted molar refractivity (Wildman–Crippen MR) is 93.2 cm³/mol. The largest absolute Gasteiger partial charge is 0.257 e. The minimum Gasteiger partial charge on any atom is -0.257 e. The van der Waals surface area contributed by atoms with E-state index in [-0.39, 0.29) is 26.1 Å². The average Bonchev–Trinajstić information content (AvgIpc) is 2.99. The summed E-state index contributed by atoms with van der Waals surface area (Å²) in [5, 5.41) is 0. The van der Waals surface area contributed by atoms with Crippen LogP contribution in [-0.2, 0) is 20.1 Å². The fourth-order valence-electron chi connectivity index (χ4n) is 1.83. The molecular weight excluding hydrogens is 460 g/mol. The number of amidine groups is 1. The zero-order valence-electron chi connectivity index (χ0n) is 12.9.